The maximum atomic E-state index is 10.1. The predicted molar refractivity (Wildman–Crippen MR) is 140 cm³/mol. The van der Waals surface area contributed by atoms with E-state index in [2.05, 4.69) is 24.2 Å². The summed E-state index contributed by atoms with van der Waals surface area (Å²) in [5.41, 5.74) is 10.0. The van der Waals surface area contributed by atoms with E-state index in [9.17, 15) is 10.2 Å². The molecule has 8 N–H and O–H groups in total. The largest absolute Gasteiger partial charge is 0.384 e. The van der Waals surface area contributed by atoms with Crippen LogP contribution in [0.25, 0.3) is 0 Å². The Morgan fingerprint density at radius 1 is 0.742 bits per heavy atom. The second-order valence-corrected chi connectivity index (χ2v) is 21.0. The van der Waals surface area contributed by atoms with Crippen LogP contribution in [0.2, 0.25) is 0 Å². The average Bonchev–Trinajstić information content (AvgIpc) is 2.66. The van der Waals surface area contributed by atoms with Crippen molar-refractivity contribution in [2.24, 2.45) is 30.4 Å². The minimum Gasteiger partial charge on any atom is -0.384 e. The van der Waals surface area contributed by atoms with Crippen LogP contribution >= 0.6 is 64.0 Å². The van der Waals surface area contributed by atoms with Crippen molar-refractivity contribution >= 4 is 64.0 Å². The number of nitrogens with two attached hydrogens (primary N) is 2. The SMILES string of the molecule is CC1(C)C(O)P2(=NP(Cl)(Cl)=NP(Cl)(Cl)=N2)C1O.NCCCNCCCCNCCCN. The van der Waals surface area contributed by atoms with Gasteiger partial charge in [-0.05, 0) is 110 Å². The van der Waals surface area contributed by atoms with Gasteiger partial charge in [-0.1, -0.05) is 13.8 Å². The van der Waals surface area contributed by atoms with Crippen molar-refractivity contribution in [2.75, 3.05) is 39.3 Å². The topological polar surface area (TPSA) is 154 Å². The molecule has 2 unspecified atom stereocenters. The molecular formula is C15H36Cl4N7O2P3. The van der Waals surface area contributed by atoms with Gasteiger partial charge in [0.2, 0.25) is 0 Å². The van der Waals surface area contributed by atoms with E-state index in [0.717, 1.165) is 52.1 Å². The van der Waals surface area contributed by atoms with Crippen molar-refractivity contribution < 1.29 is 10.2 Å². The van der Waals surface area contributed by atoms with Crippen molar-refractivity contribution in [1.82, 2.24) is 10.6 Å². The lowest BCUT2D eigenvalue weighted by molar-refractivity contribution is -0.00634. The van der Waals surface area contributed by atoms with Crippen molar-refractivity contribution in [1.29, 1.82) is 0 Å². The van der Waals surface area contributed by atoms with Gasteiger partial charge in [-0.15, -0.1) is 0 Å². The summed E-state index contributed by atoms with van der Waals surface area (Å²) in [6, 6.07) is 0. The van der Waals surface area contributed by atoms with E-state index < -0.39 is 36.1 Å². The molecule has 0 bridgehead atoms. The van der Waals surface area contributed by atoms with Crippen LogP contribution in [0.3, 0.4) is 0 Å². The minimum absolute atomic E-state index is 0.723. The number of nitrogens with zero attached hydrogens (tertiary/aromatic N) is 3. The lowest BCUT2D eigenvalue weighted by Crippen LogP contribution is -2.51. The van der Waals surface area contributed by atoms with Gasteiger partial charge in [0.25, 0.3) is 11.8 Å². The molecule has 0 aromatic carbocycles. The van der Waals surface area contributed by atoms with E-state index in [-0.39, 0.29) is 0 Å². The van der Waals surface area contributed by atoms with Crippen LogP contribution in [-0.4, -0.2) is 61.2 Å². The van der Waals surface area contributed by atoms with Crippen LogP contribution in [0, 0.1) is 5.41 Å². The molecule has 2 aliphatic heterocycles. The highest BCUT2D eigenvalue weighted by molar-refractivity contribution is 8.21. The Labute approximate surface area is 205 Å². The predicted octanol–water partition coefficient (Wildman–Crippen LogP) is 5.28. The highest BCUT2D eigenvalue weighted by atomic mass is 35.9. The molecule has 16 heteroatoms. The van der Waals surface area contributed by atoms with Crippen molar-refractivity contribution in [2.45, 2.75) is 51.2 Å². The third-order valence-corrected chi connectivity index (χ3v) is 18.2. The van der Waals surface area contributed by atoms with Gasteiger partial charge in [0.1, 0.15) is 18.9 Å². The summed E-state index contributed by atoms with van der Waals surface area (Å²) in [6.07, 6.45) is 4.63. The van der Waals surface area contributed by atoms with E-state index in [0.29, 0.717) is 0 Å². The Bertz CT molecular complexity index is 694. The fraction of sp³-hybridized carbons (Fsp3) is 1.00. The molecule has 2 atom stereocenters. The fourth-order valence-corrected chi connectivity index (χ4v) is 20.8. The molecule has 0 aliphatic carbocycles. The number of halogens is 4. The molecule has 1 spiro atoms. The zero-order valence-electron chi connectivity index (χ0n) is 18.0. The van der Waals surface area contributed by atoms with Gasteiger partial charge < -0.3 is 32.3 Å². The molecule has 31 heavy (non-hydrogen) atoms. The third kappa shape index (κ3) is 9.29. The summed E-state index contributed by atoms with van der Waals surface area (Å²) in [4.78, 5) is 0. The van der Waals surface area contributed by atoms with Crippen LogP contribution < -0.4 is 22.1 Å². The number of nitrogens with one attached hydrogen (secondary N) is 2. The zero-order valence-corrected chi connectivity index (χ0v) is 23.7. The summed E-state index contributed by atoms with van der Waals surface area (Å²) >= 11 is 23.7. The Kier molecular flexibility index (Phi) is 13.5. The van der Waals surface area contributed by atoms with Gasteiger partial charge in [0.05, 0.1) is 0 Å². The lowest BCUT2D eigenvalue weighted by atomic mass is 9.94. The summed E-state index contributed by atoms with van der Waals surface area (Å²) in [6.45, 7) is 9.30. The van der Waals surface area contributed by atoms with Crippen LogP contribution in [0.1, 0.15) is 39.5 Å². The molecule has 2 heterocycles. The standard InChI is InChI=1S/C10H26N4.C5H10Cl4N3O2P3/c11-5-3-9-13-7-1-2-8-14-10-4-6-12;1-5(2)3(13)15(4(5)14)10-16(6,7)12-17(8,9)11-15/h13-14H,1-12H2;3-4,13-14H,1-2H3. The smallest absolute Gasteiger partial charge is 0.255 e. The van der Waals surface area contributed by atoms with Crippen molar-refractivity contribution in [3.63, 3.8) is 0 Å². The summed E-state index contributed by atoms with van der Waals surface area (Å²) in [5, 5.41) is 27.0. The number of aliphatic hydroxyl groups is 2. The molecule has 0 aromatic heterocycles. The monoisotopic (exact) mass is 579 g/mol. The van der Waals surface area contributed by atoms with E-state index in [1.807, 2.05) is 0 Å². The highest BCUT2D eigenvalue weighted by Gasteiger charge is 2.64. The Balaban J connectivity index is 0.000000318. The molecule has 0 radical (unpaired) electrons. The number of rotatable bonds is 11. The van der Waals surface area contributed by atoms with Crippen LogP contribution in [0.5, 0.6) is 0 Å². The van der Waals surface area contributed by atoms with Gasteiger partial charge >= 0.3 is 0 Å². The van der Waals surface area contributed by atoms with Gasteiger partial charge in [0.15, 0.2) is 0 Å². The average molecular weight is 581 g/mol. The van der Waals surface area contributed by atoms with E-state index >= 15 is 0 Å². The van der Waals surface area contributed by atoms with Crippen molar-refractivity contribution in [3.8, 4) is 0 Å². The second-order valence-electron chi connectivity index (χ2n) is 7.94. The van der Waals surface area contributed by atoms with E-state index in [1.54, 1.807) is 13.8 Å². The Morgan fingerprint density at radius 2 is 1.13 bits per heavy atom. The van der Waals surface area contributed by atoms with Crippen LogP contribution in [-0.2, 0) is 0 Å². The zero-order chi connectivity index (χ0) is 23.8. The van der Waals surface area contributed by atoms with Crippen LogP contribution in [0.15, 0.2) is 13.5 Å². The normalized spacial score (nSPS) is 29.6. The minimum atomic E-state index is -3.06. The molecular weight excluding hydrogens is 545 g/mol. The first-order chi connectivity index (χ1) is 14.3. The molecule has 0 saturated carbocycles. The molecule has 1 saturated heterocycles. The lowest BCUT2D eigenvalue weighted by Gasteiger charge is -2.54. The fourth-order valence-electron chi connectivity index (χ4n) is 3.09. The van der Waals surface area contributed by atoms with Gasteiger partial charge in [-0.2, -0.15) is 4.52 Å². The first-order valence-electron chi connectivity index (χ1n) is 10.2. The quantitative estimate of drug-likeness (QED) is 0.144. The Hall–Kier alpha value is 1.61. The maximum Gasteiger partial charge on any atom is 0.255 e. The summed E-state index contributed by atoms with van der Waals surface area (Å²) in [5.74, 6) is -7.99. The molecule has 2 aliphatic rings. The second kappa shape index (κ2) is 13.6. The molecule has 1 fully saturated rings. The van der Waals surface area contributed by atoms with Crippen LogP contribution in [0.4, 0.5) is 0 Å². The number of hydrogen-bond acceptors (Lipinski definition) is 9. The maximum absolute atomic E-state index is 10.1. The molecule has 186 valence electrons. The highest BCUT2D eigenvalue weighted by Crippen LogP contribution is 2.91. The molecule has 0 amide bonds. The van der Waals surface area contributed by atoms with Gasteiger partial charge in [-0.25, -0.2) is 9.03 Å². The molecule has 0 aromatic rings. The summed E-state index contributed by atoms with van der Waals surface area (Å²) < 4.78 is 12.0. The van der Waals surface area contributed by atoms with Gasteiger partial charge in [-0.3, -0.25) is 0 Å². The first kappa shape index (κ1) is 30.6. The summed E-state index contributed by atoms with van der Waals surface area (Å²) in [7, 11) is -2.87. The van der Waals surface area contributed by atoms with Gasteiger partial charge in [0, 0.05) is 5.41 Å². The van der Waals surface area contributed by atoms with Crippen molar-refractivity contribution in [3.05, 3.63) is 0 Å². The number of unbranched alkanes of at least 4 members (excludes halogenated alkanes) is 1. The third-order valence-electron chi connectivity index (χ3n) is 4.84. The Morgan fingerprint density at radius 3 is 1.52 bits per heavy atom. The van der Waals surface area contributed by atoms with E-state index in [4.69, 9.17) is 56.4 Å². The molecule has 2 rings (SSSR count). The number of hydrogen-bond donors (Lipinski definition) is 6. The molecule has 9 nitrogen and oxygen atoms in total. The first-order valence-corrected chi connectivity index (χ1v) is 19.1. The number of aliphatic hydroxyl groups excluding tert-OH is 2. The van der Waals surface area contributed by atoms with E-state index in [1.165, 1.54) is 12.8 Å².